The van der Waals surface area contributed by atoms with Gasteiger partial charge in [0, 0.05) is 25.0 Å². The third kappa shape index (κ3) is 5.36. The average molecular weight is 385 g/mol. The number of likely N-dealkylation sites (tertiary alicyclic amines) is 1. The molecule has 0 spiro atoms. The van der Waals surface area contributed by atoms with Crippen molar-refractivity contribution in [2.75, 3.05) is 13.1 Å². The molecule has 1 aliphatic carbocycles. The molecule has 1 N–H and O–H groups in total. The van der Waals surface area contributed by atoms with E-state index in [1.165, 1.54) is 24.8 Å². The van der Waals surface area contributed by atoms with E-state index in [9.17, 15) is 9.59 Å². The van der Waals surface area contributed by atoms with E-state index < -0.39 is 0 Å². The number of amides is 2. The van der Waals surface area contributed by atoms with E-state index in [1.54, 1.807) is 0 Å². The van der Waals surface area contributed by atoms with Crippen LogP contribution in [0.3, 0.4) is 0 Å². The van der Waals surface area contributed by atoms with Gasteiger partial charge in [0.2, 0.25) is 11.8 Å². The normalized spacial score (nSPS) is 26.5. The van der Waals surface area contributed by atoms with Gasteiger partial charge in [-0.05, 0) is 50.0 Å². The van der Waals surface area contributed by atoms with Crippen molar-refractivity contribution >= 4 is 11.8 Å². The molecule has 0 aromatic heterocycles. The van der Waals surface area contributed by atoms with Crippen LogP contribution in [0, 0.1) is 17.8 Å². The molecule has 1 aromatic carbocycles. The Balaban J connectivity index is 1.58. The van der Waals surface area contributed by atoms with Crippen LogP contribution in [0.15, 0.2) is 30.3 Å². The summed E-state index contributed by atoms with van der Waals surface area (Å²) < 4.78 is 0. The summed E-state index contributed by atoms with van der Waals surface area (Å²) in [6.07, 6.45) is 8.42. The SMILES string of the molecule is CCC(C)C(=O)N1CCCC(C(=O)NC2CCCCC2Cc2ccccc2)C1. The van der Waals surface area contributed by atoms with Crippen LogP contribution in [-0.2, 0) is 16.0 Å². The first kappa shape index (κ1) is 20.9. The average Bonchev–Trinajstić information content (AvgIpc) is 2.74. The highest BCUT2D eigenvalue weighted by Gasteiger charge is 2.33. The molecule has 4 nitrogen and oxygen atoms in total. The van der Waals surface area contributed by atoms with E-state index in [1.807, 2.05) is 18.7 Å². The van der Waals surface area contributed by atoms with Gasteiger partial charge in [-0.15, -0.1) is 0 Å². The number of nitrogens with zero attached hydrogens (tertiary/aromatic N) is 1. The lowest BCUT2D eigenvalue weighted by molar-refractivity contribution is -0.139. The summed E-state index contributed by atoms with van der Waals surface area (Å²) in [4.78, 5) is 27.5. The molecule has 1 saturated carbocycles. The fraction of sp³-hybridized carbons (Fsp3) is 0.667. The Hall–Kier alpha value is -1.84. The third-order valence-electron chi connectivity index (χ3n) is 6.72. The summed E-state index contributed by atoms with van der Waals surface area (Å²) in [6.45, 7) is 5.42. The first-order valence-corrected chi connectivity index (χ1v) is 11.2. The fourth-order valence-electron chi connectivity index (χ4n) is 4.74. The van der Waals surface area contributed by atoms with Gasteiger partial charge in [-0.2, -0.15) is 0 Å². The first-order valence-electron chi connectivity index (χ1n) is 11.2. The van der Waals surface area contributed by atoms with Crippen LogP contribution in [0.2, 0.25) is 0 Å². The molecule has 2 fully saturated rings. The van der Waals surface area contributed by atoms with Gasteiger partial charge in [-0.1, -0.05) is 57.0 Å². The molecule has 0 radical (unpaired) electrons. The minimum atomic E-state index is -0.0546. The van der Waals surface area contributed by atoms with Crippen molar-refractivity contribution < 1.29 is 9.59 Å². The second-order valence-electron chi connectivity index (χ2n) is 8.78. The molecule has 1 aliphatic heterocycles. The standard InChI is InChI=1S/C24H36N2O2/c1-3-18(2)24(28)26-15-9-13-21(17-26)23(27)25-22-14-8-7-12-20(22)16-19-10-5-4-6-11-19/h4-6,10-11,18,20-22H,3,7-9,12-17H2,1-2H3,(H,25,27). The molecule has 3 rings (SSSR count). The number of hydrogen-bond donors (Lipinski definition) is 1. The van der Waals surface area contributed by atoms with E-state index in [-0.39, 0.29) is 29.7 Å². The summed E-state index contributed by atoms with van der Waals surface area (Å²) in [7, 11) is 0. The molecular formula is C24H36N2O2. The van der Waals surface area contributed by atoms with Gasteiger partial charge < -0.3 is 10.2 Å². The van der Waals surface area contributed by atoms with E-state index in [4.69, 9.17) is 0 Å². The Morgan fingerprint density at radius 3 is 2.61 bits per heavy atom. The van der Waals surface area contributed by atoms with Crippen molar-refractivity contribution in [3.05, 3.63) is 35.9 Å². The molecule has 2 amide bonds. The molecule has 4 unspecified atom stereocenters. The highest BCUT2D eigenvalue weighted by atomic mass is 16.2. The molecule has 154 valence electrons. The number of nitrogens with one attached hydrogen (secondary N) is 1. The maximum absolute atomic E-state index is 13.0. The zero-order valence-electron chi connectivity index (χ0n) is 17.5. The molecule has 28 heavy (non-hydrogen) atoms. The molecule has 1 aromatic rings. The van der Waals surface area contributed by atoms with Crippen molar-refractivity contribution in [3.63, 3.8) is 0 Å². The van der Waals surface area contributed by atoms with Crippen LogP contribution < -0.4 is 5.32 Å². The molecule has 4 atom stereocenters. The number of hydrogen-bond acceptors (Lipinski definition) is 2. The van der Waals surface area contributed by atoms with Crippen molar-refractivity contribution in [1.29, 1.82) is 0 Å². The second-order valence-corrected chi connectivity index (χ2v) is 8.78. The lowest BCUT2D eigenvalue weighted by Gasteiger charge is -2.36. The van der Waals surface area contributed by atoms with Crippen LogP contribution >= 0.6 is 0 Å². The van der Waals surface area contributed by atoms with Crippen LogP contribution in [0.4, 0.5) is 0 Å². The Labute approximate surface area is 170 Å². The van der Waals surface area contributed by atoms with Crippen molar-refractivity contribution in [2.24, 2.45) is 17.8 Å². The summed E-state index contributed by atoms with van der Waals surface area (Å²) in [5.41, 5.74) is 1.36. The lowest BCUT2D eigenvalue weighted by Crippen LogP contribution is -2.50. The zero-order chi connectivity index (χ0) is 19.9. The predicted octanol–water partition coefficient (Wildman–Crippen LogP) is 4.19. The third-order valence-corrected chi connectivity index (χ3v) is 6.72. The zero-order valence-corrected chi connectivity index (χ0v) is 17.5. The number of benzene rings is 1. The highest BCUT2D eigenvalue weighted by molar-refractivity contribution is 5.82. The topological polar surface area (TPSA) is 49.4 Å². The summed E-state index contributed by atoms with van der Waals surface area (Å²) in [6, 6.07) is 10.9. The minimum absolute atomic E-state index is 0.0513. The Bertz CT molecular complexity index is 645. The van der Waals surface area contributed by atoms with Crippen molar-refractivity contribution in [2.45, 2.75) is 71.3 Å². The monoisotopic (exact) mass is 384 g/mol. The maximum atomic E-state index is 13.0. The van der Waals surface area contributed by atoms with Gasteiger partial charge in [0.1, 0.15) is 0 Å². The molecule has 4 heteroatoms. The number of piperidine rings is 1. The Morgan fingerprint density at radius 1 is 1.11 bits per heavy atom. The number of carbonyl (C=O) groups excluding carboxylic acids is 2. The van der Waals surface area contributed by atoms with E-state index in [0.29, 0.717) is 12.5 Å². The van der Waals surface area contributed by atoms with Crippen molar-refractivity contribution in [3.8, 4) is 0 Å². The largest absolute Gasteiger partial charge is 0.353 e. The van der Waals surface area contributed by atoms with Gasteiger partial charge in [-0.3, -0.25) is 9.59 Å². The van der Waals surface area contributed by atoms with Gasteiger partial charge in [-0.25, -0.2) is 0 Å². The molecule has 0 bridgehead atoms. The smallest absolute Gasteiger partial charge is 0.225 e. The van der Waals surface area contributed by atoms with Crippen molar-refractivity contribution in [1.82, 2.24) is 10.2 Å². The molecular weight excluding hydrogens is 348 g/mol. The number of carbonyl (C=O) groups is 2. The second kappa shape index (κ2) is 10.1. The van der Waals surface area contributed by atoms with E-state index in [0.717, 1.165) is 38.6 Å². The van der Waals surface area contributed by atoms with Crippen LogP contribution in [0.25, 0.3) is 0 Å². The van der Waals surface area contributed by atoms with E-state index >= 15 is 0 Å². The van der Waals surface area contributed by atoms with Gasteiger partial charge in [0.25, 0.3) is 0 Å². The summed E-state index contributed by atoms with van der Waals surface area (Å²) >= 11 is 0. The first-order chi connectivity index (χ1) is 13.6. The summed E-state index contributed by atoms with van der Waals surface area (Å²) in [5.74, 6) is 0.879. The van der Waals surface area contributed by atoms with Gasteiger partial charge in [0.15, 0.2) is 0 Å². The Kier molecular flexibility index (Phi) is 7.52. The minimum Gasteiger partial charge on any atom is -0.353 e. The Morgan fingerprint density at radius 2 is 1.86 bits per heavy atom. The van der Waals surface area contributed by atoms with Crippen LogP contribution in [0.5, 0.6) is 0 Å². The molecule has 1 heterocycles. The van der Waals surface area contributed by atoms with Crippen LogP contribution in [-0.4, -0.2) is 35.8 Å². The van der Waals surface area contributed by atoms with Crippen LogP contribution in [0.1, 0.15) is 64.4 Å². The lowest BCUT2D eigenvalue weighted by atomic mass is 9.80. The predicted molar refractivity (Wildman–Crippen MR) is 113 cm³/mol. The van der Waals surface area contributed by atoms with E-state index in [2.05, 4.69) is 35.6 Å². The molecule has 2 aliphatic rings. The molecule has 1 saturated heterocycles. The summed E-state index contributed by atoms with van der Waals surface area (Å²) in [5, 5.41) is 3.38. The quantitative estimate of drug-likeness (QED) is 0.799. The van der Waals surface area contributed by atoms with Gasteiger partial charge in [0.05, 0.1) is 5.92 Å². The maximum Gasteiger partial charge on any atom is 0.225 e. The fourth-order valence-corrected chi connectivity index (χ4v) is 4.74. The highest BCUT2D eigenvalue weighted by Crippen LogP contribution is 2.28. The van der Waals surface area contributed by atoms with Gasteiger partial charge >= 0.3 is 0 Å². The number of rotatable bonds is 6.